The van der Waals surface area contributed by atoms with Gasteiger partial charge < -0.3 is 15.1 Å². The van der Waals surface area contributed by atoms with E-state index in [1.54, 1.807) is 23.1 Å². The molecule has 3 atom stereocenters. The van der Waals surface area contributed by atoms with E-state index in [9.17, 15) is 32.4 Å². The molecule has 0 spiro atoms. The predicted molar refractivity (Wildman–Crippen MR) is 144 cm³/mol. The molecule has 1 heterocycles. The number of phenolic OH excluding ortho intramolecular Hbond substituents is 1. The standard InChI is InChI=1S/C30H26FNO6S/c31-21-13-10-19(11-14-21)26(33)17-16-25-29(32(30(25)35)22-6-2-1-3-7-22)20-12-15-23(27(34)18-20)24-8-4-5-9-28(24)39(36,37)38/h1-15,18,25-26,29,33-34H,16-17H2,(H,36,37,38). The molecular formula is C30H26FNO6S. The zero-order chi connectivity index (χ0) is 27.7. The number of carbonyl (C=O) groups excluding carboxylic acids is 1. The van der Waals surface area contributed by atoms with Gasteiger partial charge in [-0.05, 0) is 60.4 Å². The first-order chi connectivity index (χ1) is 18.6. The van der Waals surface area contributed by atoms with Crippen LogP contribution in [0.4, 0.5) is 10.1 Å². The van der Waals surface area contributed by atoms with E-state index in [4.69, 9.17) is 0 Å². The predicted octanol–water partition coefficient (Wildman–Crippen LogP) is 5.66. The first-order valence-electron chi connectivity index (χ1n) is 12.4. The number of halogens is 1. The molecule has 0 saturated carbocycles. The van der Waals surface area contributed by atoms with Crippen LogP contribution in [0.3, 0.4) is 0 Å². The van der Waals surface area contributed by atoms with E-state index in [1.165, 1.54) is 48.5 Å². The van der Waals surface area contributed by atoms with Crippen molar-refractivity contribution in [3.63, 3.8) is 0 Å². The Bertz CT molecular complexity index is 1610. The quantitative estimate of drug-likeness (QED) is 0.194. The molecule has 1 amide bonds. The number of hydrogen-bond acceptors (Lipinski definition) is 5. The first-order valence-corrected chi connectivity index (χ1v) is 13.8. The maximum atomic E-state index is 13.3. The lowest BCUT2D eigenvalue weighted by molar-refractivity contribution is -0.131. The molecule has 200 valence electrons. The maximum Gasteiger partial charge on any atom is 0.295 e. The number of aromatic hydroxyl groups is 1. The summed E-state index contributed by atoms with van der Waals surface area (Å²) in [5.74, 6) is -1.23. The van der Waals surface area contributed by atoms with Crippen LogP contribution in [0.1, 0.15) is 36.1 Å². The summed E-state index contributed by atoms with van der Waals surface area (Å²) in [7, 11) is -4.53. The van der Waals surface area contributed by atoms with Gasteiger partial charge in [-0.15, -0.1) is 0 Å². The summed E-state index contributed by atoms with van der Waals surface area (Å²) in [5.41, 5.74) is 2.23. The van der Waals surface area contributed by atoms with Gasteiger partial charge in [-0.25, -0.2) is 4.39 Å². The van der Waals surface area contributed by atoms with Gasteiger partial charge in [0.15, 0.2) is 0 Å². The van der Waals surface area contributed by atoms with Crippen LogP contribution in [0, 0.1) is 11.7 Å². The first kappa shape index (κ1) is 26.6. The molecule has 0 radical (unpaired) electrons. The number of carbonyl (C=O) groups is 1. The highest BCUT2D eigenvalue weighted by atomic mass is 32.2. The van der Waals surface area contributed by atoms with Crippen molar-refractivity contribution >= 4 is 21.7 Å². The van der Waals surface area contributed by atoms with Crippen molar-refractivity contribution in [1.29, 1.82) is 0 Å². The molecule has 0 aliphatic carbocycles. The largest absolute Gasteiger partial charge is 0.507 e. The van der Waals surface area contributed by atoms with Crippen molar-refractivity contribution in [2.75, 3.05) is 4.90 Å². The average molecular weight is 548 g/mol. The highest BCUT2D eigenvalue weighted by molar-refractivity contribution is 7.86. The van der Waals surface area contributed by atoms with E-state index in [1.807, 2.05) is 30.3 Å². The van der Waals surface area contributed by atoms with Gasteiger partial charge in [0.05, 0.1) is 18.1 Å². The normalized spacial score (nSPS) is 18.0. The highest BCUT2D eigenvalue weighted by Gasteiger charge is 2.48. The van der Waals surface area contributed by atoms with Crippen molar-refractivity contribution < 1.29 is 32.4 Å². The molecule has 0 bridgehead atoms. The number of aliphatic hydroxyl groups is 1. The lowest BCUT2D eigenvalue weighted by atomic mass is 9.78. The second-order valence-electron chi connectivity index (χ2n) is 9.49. The molecule has 7 nitrogen and oxygen atoms in total. The minimum Gasteiger partial charge on any atom is -0.507 e. The second-order valence-corrected chi connectivity index (χ2v) is 10.9. The Hall–Kier alpha value is -4.05. The molecule has 3 N–H and O–H groups in total. The minimum atomic E-state index is -4.53. The summed E-state index contributed by atoms with van der Waals surface area (Å²) in [6.07, 6.45) is -0.260. The van der Waals surface area contributed by atoms with Crippen molar-refractivity contribution in [3.8, 4) is 16.9 Å². The Labute approximate surface area is 225 Å². The molecular weight excluding hydrogens is 521 g/mol. The van der Waals surface area contributed by atoms with Crippen LogP contribution in [0.25, 0.3) is 11.1 Å². The summed E-state index contributed by atoms with van der Waals surface area (Å²) in [6.45, 7) is 0. The Morgan fingerprint density at radius 1 is 0.872 bits per heavy atom. The molecule has 5 rings (SSSR count). The van der Waals surface area contributed by atoms with E-state index in [0.29, 0.717) is 23.2 Å². The number of hydrogen-bond donors (Lipinski definition) is 3. The van der Waals surface area contributed by atoms with Crippen LogP contribution in [-0.4, -0.2) is 29.1 Å². The van der Waals surface area contributed by atoms with Crippen molar-refractivity contribution in [1.82, 2.24) is 0 Å². The molecule has 9 heteroatoms. The maximum absolute atomic E-state index is 13.3. The van der Waals surface area contributed by atoms with E-state index < -0.39 is 34.0 Å². The lowest BCUT2D eigenvalue weighted by Crippen LogP contribution is -2.55. The molecule has 4 aromatic carbocycles. The van der Waals surface area contributed by atoms with Gasteiger partial charge in [-0.3, -0.25) is 9.35 Å². The average Bonchev–Trinajstić information content (AvgIpc) is 2.92. The zero-order valence-corrected chi connectivity index (χ0v) is 21.5. The summed E-state index contributed by atoms with van der Waals surface area (Å²) in [6, 6.07) is 24.8. The molecule has 1 fully saturated rings. The topological polar surface area (TPSA) is 115 Å². The number of benzene rings is 4. The fraction of sp³-hybridized carbons (Fsp3) is 0.167. The van der Waals surface area contributed by atoms with E-state index in [2.05, 4.69) is 0 Å². The zero-order valence-electron chi connectivity index (χ0n) is 20.7. The Morgan fingerprint density at radius 2 is 1.54 bits per heavy atom. The van der Waals surface area contributed by atoms with Crippen LogP contribution in [0.2, 0.25) is 0 Å². The Kier molecular flexibility index (Phi) is 7.22. The third kappa shape index (κ3) is 5.29. The molecule has 1 aliphatic heterocycles. The van der Waals surface area contributed by atoms with Crippen molar-refractivity contribution in [2.45, 2.75) is 29.9 Å². The van der Waals surface area contributed by atoms with E-state index in [0.717, 1.165) is 0 Å². The van der Waals surface area contributed by atoms with Gasteiger partial charge in [0.2, 0.25) is 5.91 Å². The monoisotopic (exact) mass is 547 g/mol. The molecule has 1 aliphatic rings. The fourth-order valence-electron chi connectivity index (χ4n) is 5.15. The number of para-hydroxylation sites is 1. The smallest absolute Gasteiger partial charge is 0.295 e. The number of anilines is 1. The van der Waals surface area contributed by atoms with Crippen LogP contribution >= 0.6 is 0 Å². The van der Waals surface area contributed by atoms with Crippen molar-refractivity contribution in [2.24, 2.45) is 5.92 Å². The van der Waals surface area contributed by atoms with Gasteiger partial charge in [0, 0.05) is 16.8 Å². The number of phenols is 1. The van der Waals surface area contributed by atoms with Gasteiger partial charge >= 0.3 is 0 Å². The van der Waals surface area contributed by atoms with Gasteiger partial charge in [0.1, 0.15) is 16.5 Å². The third-order valence-corrected chi connectivity index (χ3v) is 7.98. The molecule has 39 heavy (non-hydrogen) atoms. The minimum absolute atomic E-state index is 0.127. The SMILES string of the molecule is O=C1C(CCC(O)c2ccc(F)cc2)C(c2ccc(-c3ccccc3S(=O)(=O)O)c(O)c2)N1c1ccccc1. The molecule has 4 aromatic rings. The van der Waals surface area contributed by atoms with Crippen molar-refractivity contribution in [3.05, 3.63) is 114 Å². The molecule has 0 aromatic heterocycles. The second kappa shape index (κ2) is 10.6. The van der Waals surface area contributed by atoms with Gasteiger partial charge in [-0.1, -0.05) is 60.7 Å². The summed E-state index contributed by atoms with van der Waals surface area (Å²) in [5, 5.41) is 21.6. The number of aliphatic hydroxyl groups excluding tert-OH is 1. The van der Waals surface area contributed by atoms with Crippen LogP contribution in [0.15, 0.2) is 102 Å². The van der Waals surface area contributed by atoms with Gasteiger partial charge in [-0.2, -0.15) is 8.42 Å². The number of amides is 1. The summed E-state index contributed by atoms with van der Waals surface area (Å²) in [4.78, 5) is 14.6. The van der Waals surface area contributed by atoms with Gasteiger partial charge in [0.25, 0.3) is 10.1 Å². The van der Waals surface area contributed by atoms with Crippen LogP contribution < -0.4 is 4.90 Å². The summed E-state index contributed by atoms with van der Waals surface area (Å²) < 4.78 is 46.7. The van der Waals surface area contributed by atoms with E-state index in [-0.39, 0.29) is 34.1 Å². The highest BCUT2D eigenvalue weighted by Crippen LogP contribution is 2.48. The van der Waals surface area contributed by atoms with E-state index >= 15 is 0 Å². The van der Waals surface area contributed by atoms with Crippen LogP contribution in [0.5, 0.6) is 5.75 Å². The third-order valence-electron chi connectivity index (χ3n) is 7.07. The Morgan fingerprint density at radius 3 is 2.21 bits per heavy atom. The lowest BCUT2D eigenvalue weighted by Gasteiger charge is -2.48. The molecule has 1 saturated heterocycles. The fourth-order valence-corrected chi connectivity index (χ4v) is 5.86. The molecule has 3 unspecified atom stereocenters. The number of rotatable bonds is 8. The van der Waals surface area contributed by atoms with Crippen LogP contribution in [-0.2, 0) is 14.9 Å². The summed E-state index contributed by atoms with van der Waals surface area (Å²) >= 11 is 0. The number of nitrogens with zero attached hydrogens (tertiary/aromatic N) is 1. The Balaban J connectivity index is 1.46. The number of β-lactam (4-membered cyclic amide) rings is 1.